The maximum atomic E-state index is 13.6. The molecule has 1 saturated heterocycles. The Morgan fingerprint density at radius 3 is 2.88 bits per heavy atom. The Morgan fingerprint density at radius 2 is 2.03 bits per heavy atom. The van der Waals surface area contributed by atoms with Crippen LogP contribution in [0, 0.1) is 6.92 Å². The quantitative estimate of drug-likeness (QED) is 0.564. The predicted molar refractivity (Wildman–Crippen MR) is 123 cm³/mol. The van der Waals surface area contributed by atoms with E-state index in [0.717, 1.165) is 5.56 Å². The standard InChI is InChI=1S/C24H26N6O4/c1-15-3-4-16-11-20(15)34-10-8-25-21(31)12-17-5-6-18(13-27-22(16)32)30(17)23(33)19-14-29-9-2-7-26-24(29)28-19/h2-4,7,9,11,14,17-18H,5-6,8,10,12-13H2,1H3,(H,25,31)(H,27,32)/t17-,18+/m0/s1. The lowest BCUT2D eigenvalue weighted by atomic mass is 10.1. The Labute approximate surface area is 196 Å². The molecule has 1 fully saturated rings. The molecule has 0 unspecified atom stereocenters. The molecule has 3 aromatic rings. The topological polar surface area (TPSA) is 118 Å². The van der Waals surface area contributed by atoms with Gasteiger partial charge in [0.15, 0.2) is 0 Å². The molecule has 4 bridgehead atoms. The fourth-order valence-electron chi connectivity index (χ4n) is 4.61. The van der Waals surface area contributed by atoms with Gasteiger partial charge in [-0.15, -0.1) is 0 Å². The maximum Gasteiger partial charge on any atom is 0.274 e. The molecule has 4 heterocycles. The third-order valence-electron chi connectivity index (χ3n) is 6.36. The molecule has 10 heteroatoms. The van der Waals surface area contributed by atoms with Crippen LogP contribution in [0.2, 0.25) is 0 Å². The van der Waals surface area contributed by atoms with Gasteiger partial charge in [0, 0.05) is 49.2 Å². The maximum absolute atomic E-state index is 13.6. The van der Waals surface area contributed by atoms with Crippen LogP contribution < -0.4 is 15.4 Å². The van der Waals surface area contributed by atoms with E-state index in [0.29, 0.717) is 36.5 Å². The number of carbonyl (C=O) groups excluding carboxylic acids is 3. The van der Waals surface area contributed by atoms with E-state index in [9.17, 15) is 14.4 Å². The van der Waals surface area contributed by atoms with Crippen molar-refractivity contribution < 1.29 is 19.1 Å². The smallest absolute Gasteiger partial charge is 0.274 e. The van der Waals surface area contributed by atoms with Gasteiger partial charge in [0.05, 0.1) is 6.54 Å². The zero-order valence-electron chi connectivity index (χ0n) is 18.9. The second-order valence-electron chi connectivity index (χ2n) is 8.64. The molecule has 34 heavy (non-hydrogen) atoms. The zero-order chi connectivity index (χ0) is 23.7. The van der Waals surface area contributed by atoms with Crippen molar-refractivity contribution in [2.45, 2.75) is 38.3 Å². The van der Waals surface area contributed by atoms with Crippen molar-refractivity contribution in [2.24, 2.45) is 0 Å². The summed E-state index contributed by atoms with van der Waals surface area (Å²) in [6, 6.07) is 6.51. The minimum Gasteiger partial charge on any atom is -0.491 e. The molecule has 10 nitrogen and oxygen atoms in total. The monoisotopic (exact) mass is 462 g/mol. The molecule has 2 N–H and O–H groups in total. The average Bonchev–Trinajstić information content (AvgIpc) is 3.44. The molecular formula is C24H26N6O4. The Morgan fingerprint density at radius 1 is 1.18 bits per heavy atom. The van der Waals surface area contributed by atoms with Crippen LogP contribution in [0.3, 0.4) is 0 Å². The first kappa shape index (κ1) is 21.9. The lowest BCUT2D eigenvalue weighted by Gasteiger charge is -2.30. The van der Waals surface area contributed by atoms with Gasteiger partial charge >= 0.3 is 0 Å². The van der Waals surface area contributed by atoms with Crippen LogP contribution in [0.15, 0.2) is 42.9 Å². The number of amides is 3. The first-order valence-electron chi connectivity index (χ1n) is 11.4. The number of aryl methyl sites for hydroxylation is 1. The van der Waals surface area contributed by atoms with Gasteiger partial charge in [-0.2, -0.15) is 0 Å². The molecule has 5 rings (SSSR count). The summed E-state index contributed by atoms with van der Waals surface area (Å²) in [7, 11) is 0. The molecule has 0 spiro atoms. The first-order valence-corrected chi connectivity index (χ1v) is 11.4. The van der Waals surface area contributed by atoms with Gasteiger partial charge in [-0.1, -0.05) is 6.07 Å². The van der Waals surface area contributed by atoms with Gasteiger partial charge in [-0.05, 0) is 43.5 Å². The van der Waals surface area contributed by atoms with E-state index in [-0.39, 0.29) is 55.1 Å². The number of aromatic nitrogens is 3. The number of nitrogens with one attached hydrogen (secondary N) is 2. The third-order valence-corrected chi connectivity index (χ3v) is 6.36. The van der Waals surface area contributed by atoms with Gasteiger partial charge in [0.1, 0.15) is 18.1 Å². The van der Waals surface area contributed by atoms with Crippen LogP contribution in [0.1, 0.15) is 45.7 Å². The number of hydrogen-bond acceptors (Lipinski definition) is 6. The number of rotatable bonds is 1. The number of hydrogen-bond donors (Lipinski definition) is 2. The molecular weight excluding hydrogens is 436 g/mol. The molecule has 2 atom stereocenters. The largest absolute Gasteiger partial charge is 0.491 e. The molecule has 0 saturated carbocycles. The van der Waals surface area contributed by atoms with Crippen molar-refractivity contribution in [2.75, 3.05) is 19.7 Å². The lowest BCUT2D eigenvalue weighted by molar-refractivity contribution is -0.122. The van der Waals surface area contributed by atoms with E-state index in [1.807, 2.05) is 13.0 Å². The predicted octanol–water partition coefficient (Wildman–Crippen LogP) is 1.34. The number of fused-ring (bicyclic) bond motifs is 5. The summed E-state index contributed by atoms with van der Waals surface area (Å²) in [4.78, 5) is 49.3. The lowest BCUT2D eigenvalue weighted by Crippen LogP contribution is -2.48. The first-order chi connectivity index (χ1) is 16.5. The van der Waals surface area contributed by atoms with Crippen molar-refractivity contribution in [3.63, 3.8) is 0 Å². The van der Waals surface area contributed by atoms with E-state index in [1.54, 1.807) is 46.1 Å². The summed E-state index contributed by atoms with van der Waals surface area (Å²) in [5, 5.41) is 5.83. The summed E-state index contributed by atoms with van der Waals surface area (Å²) in [5.74, 6) is 0.383. The van der Waals surface area contributed by atoms with Crippen molar-refractivity contribution in [3.8, 4) is 5.75 Å². The molecule has 176 valence electrons. The van der Waals surface area contributed by atoms with E-state index >= 15 is 0 Å². The number of benzene rings is 1. The van der Waals surface area contributed by atoms with Crippen LogP contribution in [0.25, 0.3) is 5.78 Å². The SMILES string of the molecule is Cc1ccc2cc1OCCNC(=O)C[C@@H]1CC[C@H](CNC2=O)N1C(=O)c1cn2cccnc2n1. The van der Waals surface area contributed by atoms with E-state index in [1.165, 1.54) is 0 Å². The van der Waals surface area contributed by atoms with Crippen LogP contribution in [-0.2, 0) is 4.79 Å². The second-order valence-corrected chi connectivity index (χ2v) is 8.64. The number of imidazole rings is 1. The second kappa shape index (κ2) is 9.12. The Bertz CT molecular complexity index is 1220. The Kier molecular flexibility index (Phi) is 5.87. The average molecular weight is 463 g/mol. The highest BCUT2D eigenvalue weighted by atomic mass is 16.5. The summed E-state index contributed by atoms with van der Waals surface area (Å²) in [6.45, 7) is 2.79. The van der Waals surface area contributed by atoms with Crippen LogP contribution in [-0.4, -0.2) is 68.8 Å². The van der Waals surface area contributed by atoms with Gasteiger partial charge in [0.25, 0.3) is 11.8 Å². The van der Waals surface area contributed by atoms with Crippen molar-refractivity contribution in [1.29, 1.82) is 0 Å². The van der Waals surface area contributed by atoms with Crippen LogP contribution in [0.4, 0.5) is 0 Å². The van der Waals surface area contributed by atoms with E-state index < -0.39 is 0 Å². The molecule has 2 aliphatic heterocycles. The normalized spacial score (nSPS) is 21.3. The van der Waals surface area contributed by atoms with Crippen molar-refractivity contribution in [1.82, 2.24) is 29.9 Å². The van der Waals surface area contributed by atoms with Gasteiger partial charge < -0.3 is 20.3 Å². The van der Waals surface area contributed by atoms with Gasteiger partial charge in [0.2, 0.25) is 11.7 Å². The number of carbonyl (C=O) groups is 3. The number of ether oxygens (including phenoxy) is 1. The van der Waals surface area contributed by atoms with Gasteiger partial charge in [-0.3, -0.25) is 18.8 Å². The fraction of sp³-hybridized carbons (Fsp3) is 0.375. The van der Waals surface area contributed by atoms with E-state index in [2.05, 4.69) is 20.6 Å². The number of nitrogens with zero attached hydrogens (tertiary/aromatic N) is 4. The Hall–Kier alpha value is -3.95. The molecule has 1 aromatic carbocycles. The van der Waals surface area contributed by atoms with Crippen LogP contribution in [0.5, 0.6) is 5.75 Å². The fourth-order valence-corrected chi connectivity index (χ4v) is 4.61. The van der Waals surface area contributed by atoms with E-state index in [4.69, 9.17) is 4.74 Å². The minimum atomic E-state index is -0.290. The zero-order valence-corrected chi connectivity index (χ0v) is 18.9. The highest BCUT2D eigenvalue weighted by molar-refractivity contribution is 5.95. The Balaban J connectivity index is 1.43. The van der Waals surface area contributed by atoms with Crippen LogP contribution >= 0.6 is 0 Å². The molecule has 3 amide bonds. The van der Waals surface area contributed by atoms with Gasteiger partial charge in [-0.25, -0.2) is 9.97 Å². The molecule has 2 aliphatic rings. The van der Waals surface area contributed by atoms with Crippen molar-refractivity contribution in [3.05, 3.63) is 59.7 Å². The summed E-state index contributed by atoms with van der Waals surface area (Å²) in [5.41, 5.74) is 1.65. The molecule has 0 radical (unpaired) electrons. The minimum absolute atomic E-state index is 0.145. The summed E-state index contributed by atoms with van der Waals surface area (Å²) >= 11 is 0. The molecule has 0 aliphatic carbocycles. The molecule has 2 aromatic heterocycles. The third kappa shape index (κ3) is 4.30. The summed E-state index contributed by atoms with van der Waals surface area (Å²) < 4.78 is 7.47. The highest BCUT2D eigenvalue weighted by Gasteiger charge is 2.39. The van der Waals surface area contributed by atoms with Crippen molar-refractivity contribution >= 4 is 23.5 Å². The summed E-state index contributed by atoms with van der Waals surface area (Å²) in [6.07, 6.45) is 6.55. The highest BCUT2D eigenvalue weighted by Crippen LogP contribution is 2.28.